The maximum Gasteiger partial charge on any atom is 0.0585 e. The van der Waals surface area contributed by atoms with E-state index in [-0.39, 0.29) is 0 Å². The molecule has 0 atom stereocenters. The van der Waals surface area contributed by atoms with Crippen molar-refractivity contribution in [1.29, 1.82) is 0 Å². The average Bonchev–Trinajstić information content (AvgIpc) is 2.38. The van der Waals surface area contributed by atoms with Crippen molar-refractivity contribution in [2.45, 2.75) is 29.6 Å². The molecule has 2 aromatic carbocycles. The van der Waals surface area contributed by atoms with Gasteiger partial charge in [0.25, 0.3) is 0 Å². The summed E-state index contributed by atoms with van der Waals surface area (Å²) in [5.41, 5.74) is 4.11. The zero-order chi connectivity index (χ0) is 12.7. The van der Waals surface area contributed by atoms with Crippen LogP contribution in [0.15, 0.2) is 52.3 Å². The molecule has 0 saturated heterocycles. The third kappa shape index (κ3) is 1.72. The summed E-state index contributed by atoms with van der Waals surface area (Å²) >= 11 is 1.88. The summed E-state index contributed by atoms with van der Waals surface area (Å²) < 4.78 is 0. The molecule has 0 fully saturated rings. The van der Waals surface area contributed by atoms with Crippen LogP contribution in [-0.4, -0.2) is 7.05 Å². The summed E-state index contributed by atoms with van der Waals surface area (Å²) in [6.45, 7) is 4.52. The molecular formula is C16H17NS. The zero-order valence-corrected chi connectivity index (χ0v) is 11.8. The maximum atomic E-state index is 2.33. The van der Waals surface area contributed by atoms with Gasteiger partial charge in [-0.25, -0.2) is 0 Å². The number of anilines is 2. The molecule has 1 heterocycles. The topological polar surface area (TPSA) is 3.24 Å². The monoisotopic (exact) mass is 255 g/mol. The van der Waals surface area contributed by atoms with Gasteiger partial charge in [-0.15, -0.1) is 0 Å². The number of hydrogen-bond donors (Lipinski definition) is 0. The van der Waals surface area contributed by atoms with Crippen LogP contribution >= 0.6 is 11.8 Å². The van der Waals surface area contributed by atoms with E-state index >= 15 is 0 Å². The van der Waals surface area contributed by atoms with E-state index < -0.39 is 0 Å². The normalized spacial score (nSPS) is 13.4. The predicted molar refractivity (Wildman–Crippen MR) is 79.2 cm³/mol. The minimum Gasteiger partial charge on any atom is -0.343 e. The molecule has 92 valence electrons. The van der Waals surface area contributed by atoms with E-state index in [1.165, 1.54) is 26.7 Å². The summed E-state index contributed by atoms with van der Waals surface area (Å²) in [5.74, 6) is 0.549. The van der Waals surface area contributed by atoms with Gasteiger partial charge in [-0.05, 0) is 29.7 Å². The summed E-state index contributed by atoms with van der Waals surface area (Å²) in [4.78, 5) is 5.03. The van der Waals surface area contributed by atoms with Crippen LogP contribution in [0.4, 0.5) is 11.4 Å². The van der Waals surface area contributed by atoms with Crippen molar-refractivity contribution >= 4 is 23.1 Å². The maximum absolute atomic E-state index is 2.33. The van der Waals surface area contributed by atoms with Crippen LogP contribution < -0.4 is 4.90 Å². The number of nitrogens with zero attached hydrogens (tertiary/aromatic N) is 1. The Balaban J connectivity index is 2.20. The molecule has 0 amide bonds. The molecule has 2 aromatic rings. The second-order valence-corrected chi connectivity index (χ2v) is 6.06. The van der Waals surface area contributed by atoms with Gasteiger partial charge in [0.1, 0.15) is 0 Å². The Kier molecular flexibility index (Phi) is 2.83. The molecule has 0 unspecified atom stereocenters. The van der Waals surface area contributed by atoms with Gasteiger partial charge in [-0.1, -0.05) is 49.9 Å². The molecule has 0 aromatic heterocycles. The molecule has 0 N–H and O–H groups in total. The van der Waals surface area contributed by atoms with Crippen LogP contribution in [-0.2, 0) is 0 Å². The molecule has 0 radical (unpaired) electrons. The van der Waals surface area contributed by atoms with E-state index in [1.807, 2.05) is 11.8 Å². The van der Waals surface area contributed by atoms with Gasteiger partial charge >= 0.3 is 0 Å². The predicted octanol–water partition coefficient (Wildman–Crippen LogP) is 5.04. The lowest BCUT2D eigenvalue weighted by Crippen LogP contribution is -2.17. The smallest absolute Gasteiger partial charge is 0.0585 e. The van der Waals surface area contributed by atoms with Gasteiger partial charge in [0.15, 0.2) is 0 Å². The minimum atomic E-state index is 0.549. The first-order chi connectivity index (χ1) is 8.68. The molecule has 1 nitrogen and oxygen atoms in total. The van der Waals surface area contributed by atoms with Gasteiger partial charge in [0.05, 0.1) is 11.4 Å². The molecule has 0 spiro atoms. The Morgan fingerprint density at radius 1 is 0.944 bits per heavy atom. The second-order valence-electron chi connectivity index (χ2n) is 4.98. The first kappa shape index (κ1) is 11.7. The quantitative estimate of drug-likeness (QED) is 0.702. The first-order valence-corrected chi connectivity index (χ1v) is 7.13. The third-order valence-corrected chi connectivity index (χ3v) is 4.55. The van der Waals surface area contributed by atoms with Gasteiger partial charge in [-0.3, -0.25) is 0 Å². The van der Waals surface area contributed by atoms with E-state index in [1.54, 1.807) is 0 Å². The van der Waals surface area contributed by atoms with Gasteiger partial charge in [0, 0.05) is 16.8 Å². The fraction of sp³-hybridized carbons (Fsp3) is 0.250. The number of para-hydroxylation sites is 2. The molecule has 1 aliphatic rings. The van der Waals surface area contributed by atoms with Crippen molar-refractivity contribution in [3.8, 4) is 0 Å². The first-order valence-electron chi connectivity index (χ1n) is 6.32. The SMILES string of the molecule is CC(C)c1cccc2c1N(C)c1ccccc1S2. The Hall–Kier alpha value is -1.41. The standard InChI is InChI=1S/C16H17NS/c1-11(2)12-7-6-10-15-16(12)17(3)13-8-4-5-9-14(13)18-15/h4-11H,1-3H3. The fourth-order valence-electron chi connectivity index (χ4n) is 2.51. The summed E-state index contributed by atoms with van der Waals surface area (Å²) in [6, 6.07) is 15.2. The van der Waals surface area contributed by atoms with Crippen molar-refractivity contribution in [1.82, 2.24) is 0 Å². The van der Waals surface area contributed by atoms with Crippen LogP contribution in [0.1, 0.15) is 25.3 Å². The van der Waals surface area contributed by atoms with Crippen molar-refractivity contribution in [2.75, 3.05) is 11.9 Å². The highest BCUT2D eigenvalue weighted by atomic mass is 32.2. The molecule has 2 heteroatoms. The van der Waals surface area contributed by atoms with Crippen LogP contribution in [0.5, 0.6) is 0 Å². The van der Waals surface area contributed by atoms with Crippen molar-refractivity contribution in [3.05, 3.63) is 48.0 Å². The number of fused-ring (bicyclic) bond motifs is 2. The molecule has 1 aliphatic heterocycles. The van der Waals surface area contributed by atoms with Gasteiger partial charge in [-0.2, -0.15) is 0 Å². The number of rotatable bonds is 1. The molecule has 3 rings (SSSR count). The van der Waals surface area contributed by atoms with Crippen molar-refractivity contribution in [2.24, 2.45) is 0 Å². The van der Waals surface area contributed by atoms with Crippen LogP contribution in [0, 0.1) is 0 Å². The van der Waals surface area contributed by atoms with Crippen molar-refractivity contribution in [3.63, 3.8) is 0 Å². The second kappa shape index (κ2) is 4.36. The van der Waals surface area contributed by atoms with E-state index in [9.17, 15) is 0 Å². The van der Waals surface area contributed by atoms with Crippen LogP contribution in [0.3, 0.4) is 0 Å². The Morgan fingerprint density at radius 2 is 1.67 bits per heavy atom. The third-order valence-electron chi connectivity index (χ3n) is 3.43. The summed E-state index contributed by atoms with van der Waals surface area (Å²) in [5, 5.41) is 0. The van der Waals surface area contributed by atoms with Gasteiger partial charge in [0.2, 0.25) is 0 Å². The number of hydrogen-bond acceptors (Lipinski definition) is 2. The molecule has 0 bridgehead atoms. The number of benzene rings is 2. The highest BCUT2D eigenvalue weighted by Crippen LogP contribution is 2.49. The lowest BCUT2D eigenvalue weighted by Gasteiger charge is -2.32. The Labute approximate surface area is 113 Å². The van der Waals surface area contributed by atoms with E-state index in [0.29, 0.717) is 5.92 Å². The molecule has 0 saturated carbocycles. The van der Waals surface area contributed by atoms with E-state index in [4.69, 9.17) is 0 Å². The van der Waals surface area contributed by atoms with Crippen LogP contribution in [0.2, 0.25) is 0 Å². The lowest BCUT2D eigenvalue weighted by atomic mass is 10.00. The van der Waals surface area contributed by atoms with E-state index in [2.05, 4.69) is 68.3 Å². The highest BCUT2D eigenvalue weighted by molar-refractivity contribution is 7.99. The minimum absolute atomic E-state index is 0.549. The van der Waals surface area contributed by atoms with Gasteiger partial charge < -0.3 is 4.90 Å². The average molecular weight is 255 g/mol. The molecular weight excluding hydrogens is 238 g/mol. The fourth-order valence-corrected chi connectivity index (χ4v) is 3.70. The highest BCUT2D eigenvalue weighted by Gasteiger charge is 2.23. The zero-order valence-electron chi connectivity index (χ0n) is 11.0. The van der Waals surface area contributed by atoms with E-state index in [0.717, 1.165) is 0 Å². The Morgan fingerprint density at radius 3 is 2.44 bits per heavy atom. The summed E-state index contributed by atoms with van der Waals surface area (Å²) in [6.07, 6.45) is 0. The van der Waals surface area contributed by atoms with Crippen molar-refractivity contribution < 1.29 is 0 Å². The largest absolute Gasteiger partial charge is 0.343 e. The molecule has 18 heavy (non-hydrogen) atoms. The van der Waals surface area contributed by atoms with Crippen LogP contribution in [0.25, 0.3) is 0 Å². The Bertz CT molecular complexity index is 589. The lowest BCUT2D eigenvalue weighted by molar-refractivity contribution is 0.854. The molecule has 0 aliphatic carbocycles. The summed E-state index contributed by atoms with van der Waals surface area (Å²) in [7, 11) is 2.17.